The van der Waals surface area contributed by atoms with Gasteiger partial charge in [0.1, 0.15) is 0 Å². The highest BCUT2D eigenvalue weighted by Gasteiger charge is 2.15. The van der Waals surface area contributed by atoms with Crippen molar-refractivity contribution in [2.45, 2.75) is 13.8 Å². The summed E-state index contributed by atoms with van der Waals surface area (Å²) in [6, 6.07) is 3.67. The fourth-order valence-corrected chi connectivity index (χ4v) is 2.11. The van der Waals surface area contributed by atoms with Crippen molar-refractivity contribution in [3.8, 4) is 11.5 Å². The van der Waals surface area contributed by atoms with Gasteiger partial charge in [-0.05, 0) is 19.9 Å². The van der Waals surface area contributed by atoms with Crippen LogP contribution in [-0.4, -0.2) is 25.0 Å². The number of aromatic nitrogens is 1. The van der Waals surface area contributed by atoms with E-state index in [1.54, 1.807) is 21.1 Å². The van der Waals surface area contributed by atoms with Crippen LogP contribution in [0.15, 0.2) is 12.1 Å². The number of ether oxygens (including phenoxy) is 2. The lowest BCUT2D eigenvalue weighted by Gasteiger charge is -2.07. The number of methoxy groups -OCH3 is 2. The first-order chi connectivity index (χ1) is 8.08. The van der Waals surface area contributed by atoms with Crippen molar-refractivity contribution >= 4 is 16.7 Å². The lowest BCUT2D eigenvalue weighted by Crippen LogP contribution is -1.94. The lowest BCUT2D eigenvalue weighted by atomic mass is 10.1. The van der Waals surface area contributed by atoms with Crippen LogP contribution in [0.4, 0.5) is 0 Å². The molecule has 1 aromatic heterocycles. The summed E-state index contributed by atoms with van der Waals surface area (Å²) < 4.78 is 10.5. The van der Waals surface area contributed by atoms with Crippen LogP contribution in [0, 0.1) is 6.92 Å². The molecule has 0 aliphatic carbocycles. The first-order valence-corrected chi connectivity index (χ1v) is 5.33. The molecule has 0 spiro atoms. The van der Waals surface area contributed by atoms with Crippen LogP contribution in [0.3, 0.4) is 0 Å². The van der Waals surface area contributed by atoms with Gasteiger partial charge in [0.25, 0.3) is 0 Å². The number of rotatable bonds is 3. The maximum Gasteiger partial charge on any atom is 0.162 e. The number of carbonyl (C=O) groups is 1. The number of benzene rings is 1. The van der Waals surface area contributed by atoms with E-state index in [2.05, 4.69) is 4.98 Å². The Balaban J connectivity index is 2.79. The summed E-state index contributed by atoms with van der Waals surface area (Å²) in [6.07, 6.45) is 0. The van der Waals surface area contributed by atoms with Gasteiger partial charge in [-0.25, -0.2) is 0 Å². The molecule has 0 aliphatic heterocycles. The predicted octanol–water partition coefficient (Wildman–Crippen LogP) is 2.70. The molecular weight excluding hydrogens is 218 g/mol. The van der Waals surface area contributed by atoms with Crippen molar-refractivity contribution in [2.24, 2.45) is 0 Å². The van der Waals surface area contributed by atoms with E-state index in [-0.39, 0.29) is 5.78 Å². The number of hydrogen-bond donors (Lipinski definition) is 1. The number of fused-ring (bicyclic) bond motifs is 1. The third-order valence-electron chi connectivity index (χ3n) is 2.84. The van der Waals surface area contributed by atoms with Gasteiger partial charge in [0.05, 0.1) is 19.7 Å². The van der Waals surface area contributed by atoms with Gasteiger partial charge in [0, 0.05) is 22.7 Å². The van der Waals surface area contributed by atoms with Gasteiger partial charge in [-0.1, -0.05) is 0 Å². The lowest BCUT2D eigenvalue weighted by molar-refractivity contribution is 0.101. The maximum absolute atomic E-state index is 11.6. The topological polar surface area (TPSA) is 51.3 Å². The molecule has 1 N–H and O–H groups in total. The molecule has 2 aromatic rings. The van der Waals surface area contributed by atoms with Crippen LogP contribution in [0.5, 0.6) is 11.5 Å². The van der Waals surface area contributed by atoms with E-state index >= 15 is 0 Å². The average Bonchev–Trinajstić information content (AvgIpc) is 2.61. The fraction of sp³-hybridized carbons (Fsp3) is 0.308. The van der Waals surface area contributed by atoms with Gasteiger partial charge in [0.15, 0.2) is 17.3 Å². The molecule has 4 nitrogen and oxygen atoms in total. The summed E-state index contributed by atoms with van der Waals surface area (Å²) in [6.45, 7) is 3.45. The van der Waals surface area contributed by atoms with Gasteiger partial charge in [-0.15, -0.1) is 0 Å². The highest BCUT2D eigenvalue weighted by Crippen LogP contribution is 2.34. The zero-order valence-electron chi connectivity index (χ0n) is 10.4. The molecular formula is C13H15NO3. The molecule has 0 fully saturated rings. The molecule has 90 valence electrons. The SMILES string of the molecule is COc1cc2[nH]c(C)c(C(C)=O)c2cc1OC. The van der Waals surface area contributed by atoms with Gasteiger partial charge >= 0.3 is 0 Å². The van der Waals surface area contributed by atoms with Crippen LogP contribution < -0.4 is 9.47 Å². The predicted molar refractivity (Wildman–Crippen MR) is 66.1 cm³/mol. The summed E-state index contributed by atoms with van der Waals surface area (Å²) in [5.74, 6) is 1.32. The highest BCUT2D eigenvalue weighted by atomic mass is 16.5. The van der Waals surface area contributed by atoms with E-state index < -0.39 is 0 Å². The first kappa shape index (κ1) is 11.5. The number of aromatic amines is 1. The van der Waals surface area contributed by atoms with Crippen molar-refractivity contribution in [1.82, 2.24) is 4.98 Å². The largest absolute Gasteiger partial charge is 0.493 e. The van der Waals surface area contributed by atoms with Gasteiger partial charge in [-0.2, -0.15) is 0 Å². The zero-order chi connectivity index (χ0) is 12.6. The second-order valence-corrected chi connectivity index (χ2v) is 3.93. The summed E-state index contributed by atoms with van der Waals surface area (Å²) in [4.78, 5) is 14.8. The van der Waals surface area contributed by atoms with Crippen molar-refractivity contribution in [2.75, 3.05) is 14.2 Å². The van der Waals surface area contributed by atoms with E-state index in [4.69, 9.17) is 9.47 Å². The summed E-state index contributed by atoms with van der Waals surface area (Å²) in [5, 5.41) is 0.868. The molecule has 0 saturated heterocycles. The first-order valence-electron chi connectivity index (χ1n) is 5.33. The van der Waals surface area contributed by atoms with Crippen LogP contribution in [0.2, 0.25) is 0 Å². The third-order valence-corrected chi connectivity index (χ3v) is 2.84. The van der Waals surface area contributed by atoms with Crippen molar-refractivity contribution in [1.29, 1.82) is 0 Å². The Morgan fingerprint density at radius 2 is 1.76 bits per heavy atom. The van der Waals surface area contributed by atoms with E-state index in [1.807, 2.05) is 19.1 Å². The standard InChI is InChI=1S/C13H15NO3/c1-7-13(8(2)15)9-5-11(16-3)12(17-4)6-10(9)14-7/h5-6,14H,1-4H3. The Hall–Kier alpha value is -1.97. The maximum atomic E-state index is 11.6. The Morgan fingerprint density at radius 3 is 2.29 bits per heavy atom. The van der Waals surface area contributed by atoms with E-state index in [0.717, 1.165) is 16.6 Å². The molecule has 1 heterocycles. The Labute approximate surface area is 99.5 Å². The molecule has 0 radical (unpaired) electrons. The minimum absolute atomic E-state index is 0.0426. The summed E-state index contributed by atoms with van der Waals surface area (Å²) in [5.41, 5.74) is 2.45. The van der Waals surface area contributed by atoms with Crippen LogP contribution in [-0.2, 0) is 0 Å². The Morgan fingerprint density at radius 1 is 1.18 bits per heavy atom. The van der Waals surface area contributed by atoms with Crippen LogP contribution >= 0.6 is 0 Å². The summed E-state index contributed by atoms with van der Waals surface area (Å²) >= 11 is 0. The average molecular weight is 233 g/mol. The number of nitrogens with one attached hydrogen (secondary N) is 1. The van der Waals surface area contributed by atoms with Gasteiger partial charge in [-0.3, -0.25) is 4.79 Å². The Kier molecular flexibility index (Phi) is 2.79. The van der Waals surface area contributed by atoms with Gasteiger partial charge in [0.2, 0.25) is 0 Å². The molecule has 17 heavy (non-hydrogen) atoms. The third kappa shape index (κ3) is 1.75. The van der Waals surface area contributed by atoms with Crippen molar-refractivity contribution in [3.63, 3.8) is 0 Å². The number of aryl methyl sites for hydroxylation is 1. The Bertz CT molecular complexity index is 584. The number of ketones is 1. The van der Waals surface area contributed by atoms with E-state index in [1.165, 1.54) is 0 Å². The van der Waals surface area contributed by atoms with Crippen molar-refractivity contribution < 1.29 is 14.3 Å². The zero-order valence-corrected chi connectivity index (χ0v) is 10.4. The molecule has 0 bridgehead atoms. The van der Waals surface area contributed by atoms with E-state index in [9.17, 15) is 4.79 Å². The molecule has 4 heteroatoms. The fourth-order valence-electron chi connectivity index (χ4n) is 2.11. The molecule has 0 saturated carbocycles. The second-order valence-electron chi connectivity index (χ2n) is 3.93. The van der Waals surface area contributed by atoms with Crippen LogP contribution in [0.25, 0.3) is 10.9 Å². The summed E-state index contributed by atoms with van der Waals surface area (Å²) in [7, 11) is 3.17. The number of H-pyrrole nitrogens is 1. The molecule has 0 unspecified atom stereocenters. The number of carbonyl (C=O) groups excluding carboxylic acids is 1. The molecule has 1 aromatic carbocycles. The minimum Gasteiger partial charge on any atom is -0.493 e. The monoisotopic (exact) mass is 233 g/mol. The van der Waals surface area contributed by atoms with Gasteiger partial charge < -0.3 is 14.5 Å². The number of hydrogen-bond acceptors (Lipinski definition) is 3. The molecule has 0 aliphatic rings. The molecule has 0 amide bonds. The van der Waals surface area contributed by atoms with Crippen LogP contribution in [0.1, 0.15) is 23.0 Å². The quantitative estimate of drug-likeness (QED) is 0.829. The highest BCUT2D eigenvalue weighted by molar-refractivity contribution is 6.08. The smallest absolute Gasteiger partial charge is 0.162 e. The normalized spacial score (nSPS) is 10.6. The molecule has 2 rings (SSSR count). The van der Waals surface area contributed by atoms with E-state index in [0.29, 0.717) is 17.1 Å². The molecule has 0 atom stereocenters. The second kappa shape index (κ2) is 4.13. The van der Waals surface area contributed by atoms with Crippen molar-refractivity contribution in [3.05, 3.63) is 23.4 Å². The minimum atomic E-state index is 0.0426. The number of Topliss-reactive ketones (excluding diaryl/α,β-unsaturated/α-hetero) is 1.